The summed E-state index contributed by atoms with van der Waals surface area (Å²) in [7, 11) is 0. The molecule has 3 nitrogen and oxygen atoms in total. The summed E-state index contributed by atoms with van der Waals surface area (Å²) in [6, 6.07) is 3.82. The molecule has 2 heterocycles. The summed E-state index contributed by atoms with van der Waals surface area (Å²) in [5.74, 6) is 0.594. The Balaban J connectivity index is 2.94. The van der Waals surface area contributed by atoms with E-state index in [-0.39, 0.29) is 0 Å². The summed E-state index contributed by atoms with van der Waals surface area (Å²) in [5.41, 5.74) is 0.933. The van der Waals surface area contributed by atoms with Crippen LogP contribution < -0.4 is 0 Å². The smallest absolute Gasteiger partial charge is 0.253 e. The SMILES string of the molecule is [C-]#[N+]c1c[nH]c2ccc(Br)n12. The molecule has 0 aliphatic carbocycles. The molecule has 0 aliphatic heterocycles. The third-order valence-electron chi connectivity index (χ3n) is 1.53. The lowest BCUT2D eigenvalue weighted by Crippen LogP contribution is -1.75. The first-order valence-electron chi connectivity index (χ1n) is 3.05. The van der Waals surface area contributed by atoms with Crippen LogP contribution in [-0.4, -0.2) is 9.38 Å². The molecule has 0 saturated heterocycles. The molecule has 2 aromatic heterocycles. The van der Waals surface area contributed by atoms with E-state index in [1.54, 1.807) is 6.20 Å². The van der Waals surface area contributed by atoms with Crippen molar-refractivity contribution < 1.29 is 0 Å². The van der Waals surface area contributed by atoms with Crippen molar-refractivity contribution in [2.45, 2.75) is 0 Å². The molecule has 0 aliphatic rings. The third-order valence-corrected chi connectivity index (χ3v) is 2.15. The molecule has 4 heteroatoms. The largest absolute Gasteiger partial charge is 0.362 e. The van der Waals surface area contributed by atoms with Gasteiger partial charge in [-0.3, -0.25) is 0 Å². The summed E-state index contributed by atoms with van der Waals surface area (Å²) in [6.45, 7) is 6.84. The van der Waals surface area contributed by atoms with Crippen molar-refractivity contribution in [1.82, 2.24) is 9.38 Å². The second-order valence-corrected chi connectivity index (χ2v) is 2.95. The highest BCUT2D eigenvalue weighted by atomic mass is 79.9. The Morgan fingerprint density at radius 3 is 3.09 bits per heavy atom. The van der Waals surface area contributed by atoms with Gasteiger partial charge in [0.1, 0.15) is 0 Å². The van der Waals surface area contributed by atoms with Gasteiger partial charge in [0, 0.05) is 12.3 Å². The van der Waals surface area contributed by atoms with Crippen molar-refractivity contribution in [3.63, 3.8) is 0 Å². The average molecular weight is 210 g/mol. The molecule has 1 N–H and O–H groups in total. The van der Waals surface area contributed by atoms with Gasteiger partial charge in [-0.05, 0) is 22.0 Å². The zero-order valence-corrected chi connectivity index (χ0v) is 7.09. The van der Waals surface area contributed by atoms with E-state index < -0.39 is 0 Å². The maximum absolute atomic E-state index is 6.84. The van der Waals surface area contributed by atoms with Gasteiger partial charge in [-0.2, -0.15) is 0 Å². The summed E-state index contributed by atoms with van der Waals surface area (Å²) >= 11 is 3.34. The van der Waals surface area contributed by atoms with Gasteiger partial charge in [0.05, 0.1) is 0 Å². The summed E-state index contributed by atoms with van der Waals surface area (Å²) in [5, 5.41) is 0. The quantitative estimate of drug-likeness (QED) is 0.646. The highest BCUT2D eigenvalue weighted by Crippen LogP contribution is 2.22. The topological polar surface area (TPSA) is 24.6 Å². The van der Waals surface area contributed by atoms with Gasteiger partial charge in [-0.1, -0.05) is 6.57 Å². The lowest BCUT2D eigenvalue weighted by atomic mass is 10.6. The number of nitrogens with one attached hydrogen (secondary N) is 1. The normalized spacial score (nSPS) is 10.2. The lowest BCUT2D eigenvalue weighted by molar-refractivity contribution is 1.21. The Morgan fingerprint density at radius 1 is 1.55 bits per heavy atom. The summed E-state index contributed by atoms with van der Waals surface area (Å²) in [6.07, 6.45) is 1.69. The van der Waals surface area contributed by atoms with E-state index in [2.05, 4.69) is 25.8 Å². The standard InChI is InChI=1S/C7H4BrN3/c1-9-7-4-10-6-3-2-5(8)11(6)7/h2-4,10H. The monoisotopic (exact) mass is 209 g/mol. The van der Waals surface area contributed by atoms with Crippen LogP contribution in [0.25, 0.3) is 10.5 Å². The zero-order valence-electron chi connectivity index (χ0n) is 5.50. The van der Waals surface area contributed by atoms with Gasteiger partial charge in [0.15, 0.2) is 10.3 Å². The number of aromatic nitrogens is 2. The van der Waals surface area contributed by atoms with Crippen LogP contribution in [0.1, 0.15) is 0 Å². The van der Waals surface area contributed by atoms with E-state index in [1.807, 2.05) is 16.5 Å². The van der Waals surface area contributed by atoms with Crippen LogP contribution in [0.2, 0.25) is 0 Å². The van der Waals surface area contributed by atoms with Crippen molar-refractivity contribution in [2.24, 2.45) is 0 Å². The molecule has 0 spiro atoms. The lowest BCUT2D eigenvalue weighted by Gasteiger charge is -1.85. The van der Waals surface area contributed by atoms with E-state index in [0.29, 0.717) is 5.82 Å². The highest BCUT2D eigenvalue weighted by molar-refractivity contribution is 9.10. The van der Waals surface area contributed by atoms with Crippen LogP contribution in [-0.2, 0) is 0 Å². The molecule has 0 atom stereocenters. The fourth-order valence-electron chi connectivity index (χ4n) is 1.04. The fraction of sp³-hybridized carbons (Fsp3) is 0. The number of imidazole rings is 1. The van der Waals surface area contributed by atoms with Crippen molar-refractivity contribution in [1.29, 1.82) is 0 Å². The molecule has 0 amide bonds. The maximum atomic E-state index is 6.84. The third kappa shape index (κ3) is 0.780. The number of H-pyrrole nitrogens is 1. The van der Waals surface area contributed by atoms with Crippen LogP contribution in [0, 0.1) is 6.57 Å². The Morgan fingerprint density at radius 2 is 2.36 bits per heavy atom. The summed E-state index contributed by atoms with van der Waals surface area (Å²) < 4.78 is 2.72. The molecule has 0 saturated carbocycles. The van der Waals surface area contributed by atoms with Crippen molar-refractivity contribution >= 4 is 27.4 Å². The predicted molar refractivity (Wildman–Crippen MR) is 45.7 cm³/mol. The molecular weight excluding hydrogens is 206 g/mol. The van der Waals surface area contributed by atoms with Gasteiger partial charge < -0.3 is 9.83 Å². The van der Waals surface area contributed by atoms with Crippen molar-refractivity contribution in [3.8, 4) is 0 Å². The number of aromatic amines is 1. The molecular formula is C7H4BrN3. The molecule has 0 unspecified atom stereocenters. The second-order valence-electron chi connectivity index (χ2n) is 2.14. The fourth-order valence-corrected chi connectivity index (χ4v) is 1.55. The van der Waals surface area contributed by atoms with Gasteiger partial charge in [-0.25, -0.2) is 4.40 Å². The number of hydrogen-bond acceptors (Lipinski definition) is 0. The van der Waals surface area contributed by atoms with Gasteiger partial charge >= 0.3 is 0 Å². The molecule has 2 rings (SSSR count). The Bertz CT molecular complexity index is 432. The van der Waals surface area contributed by atoms with E-state index in [4.69, 9.17) is 6.57 Å². The first-order valence-corrected chi connectivity index (χ1v) is 3.84. The molecule has 0 bridgehead atoms. The van der Waals surface area contributed by atoms with Gasteiger partial charge in [0.25, 0.3) is 5.82 Å². The van der Waals surface area contributed by atoms with Gasteiger partial charge in [0.2, 0.25) is 0 Å². The van der Waals surface area contributed by atoms with E-state index in [1.165, 1.54) is 0 Å². The van der Waals surface area contributed by atoms with Gasteiger partial charge in [-0.15, -0.1) is 0 Å². The summed E-state index contributed by atoms with van der Waals surface area (Å²) in [4.78, 5) is 6.32. The van der Waals surface area contributed by atoms with Crippen molar-refractivity contribution in [2.75, 3.05) is 0 Å². The number of hydrogen-bond donors (Lipinski definition) is 1. The average Bonchev–Trinajstić information content (AvgIpc) is 2.54. The van der Waals surface area contributed by atoms with Crippen LogP contribution in [0.4, 0.5) is 5.82 Å². The molecule has 54 valence electrons. The van der Waals surface area contributed by atoms with Crippen LogP contribution >= 0.6 is 15.9 Å². The Labute approximate surface area is 71.6 Å². The van der Waals surface area contributed by atoms with E-state index >= 15 is 0 Å². The molecule has 0 aromatic carbocycles. The number of fused-ring (bicyclic) bond motifs is 1. The predicted octanol–water partition coefficient (Wildman–Crippen LogP) is 2.58. The molecule has 2 aromatic rings. The minimum atomic E-state index is 0.594. The van der Waals surface area contributed by atoms with E-state index in [0.717, 1.165) is 10.3 Å². The highest BCUT2D eigenvalue weighted by Gasteiger charge is 2.06. The van der Waals surface area contributed by atoms with Crippen molar-refractivity contribution in [3.05, 3.63) is 34.3 Å². The second kappa shape index (κ2) is 2.14. The number of halogens is 1. The zero-order chi connectivity index (χ0) is 7.84. The van der Waals surface area contributed by atoms with Crippen LogP contribution in [0.3, 0.4) is 0 Å². The Kier molecular flexibility index (Phi) is 1.26. The number of nitrogens with zero attached hydrogens (tertiary/aromatic N) is 2. The number of rotatable bonds is 0. The van der Waals surface area contributed by atoms with Crippen LogP contribution in [0.5, 0.6) is 0 Å². The molecule has 11 heavy (non-hydrogen) atoms. The minimum Gasteiger partial charge on any atom is -0.362 e. The first-order chi connectivity index (χ1) is 5.33. The Hall–Kier alpha value is -1.21. The maximum Gasteiger partial charge on any atom is 0.253 e. The van der Waals surface area contributed by atoms with E-state index in [9.17, 15) is 0 Å². The molecule has 0 radical (unpaired) electrons. The van der Waals surface area contributed by atoms with Crippen LogP contribution in [0.15, 0.2) is 22.9 Å². The minimum absolute atomic E-state index is 0.594. The first kappa shape index (κ1) is 6.50. The molecule has 0 fully saturated rings.